The summed E-state index contributed by atoms with van der Waals surface area (Å²) in [6, 6.07) is 12.8. The summed E-state index contributed by atoms with van der Waals surface area (Å²) in [4.78, 5) is 26.4. The molecule has 6 heteroatoms. The van der Waals surface area contributed by atoms with Crippen LogP contribution in [0.25, 0.3) is 5.69 Å². The molecule has 3 aromatic rings. The Morgan fingerprint density at radius 1 is 1.22 bits per heavy atom. The lowest BCUT2D eigenvalue weighted by Gasteiger charge is -2.36. The van der Waals surface area contributed by atoms with Crippen molar-refractivity contribution in [1.82, 2.24) is 20.1 Å². The zero-order chi connectivity index (χ0) is 19.0. The van der Waals surface area contributed by atoms with Crippen LogP contribution in [0.1, 0.15) is 47.9 Å². The number of carbonyl (C=O) groups is 1. The van der Waals surface area contributed by atoms with Gasteiger partial charge in [-0.1, -0.05) is 32.0 Å². The van der Waals surface area contributed by atoms with Gasteiger partial charge in [-0.25, -0.2) is 4.68 Å². The van der Waals surface area contributed by atoms with Gasteiger partial charge in [0.05, 0.1) is 29.2 Å². The number of pyridine rings is 1. The van der Waals surface area contributed by atoms with Gasteiger partial charge in [-0.3, -0.25) is 9.59 Å². The summed E-state index contributed by atoms with van der Waals surface area (Å²) in [5, 5.41) is 7.71. The number of aromatic nitrogens is 3. The third-order valence-corrected chi connectivity index (χ3v) is 5.03. The van der Waals surface area contributed by atoms with Gasteiger partial charge >= 0.3 is 0 Å². The average Bonchev–Trinajstić information content (AvgIpc) is 3.05. The minimum absolute atomic E-state index is 0.0303. The van der Waals surface area contributed by atoms with E-state index < -0.39 is 0 Å². The summed E-state index contributed by atoms with van der Waals surface area (Å²) in [6.45, 7) is 4.41. The standard InChI is InChI=1S/C21H22N4O2/c1-21(2)10-17(24-20(27)14-8-9-19(26)22-12-14)16-13-23-25(18(16)11-21)15-6-4-3-5-7-15/h3-9,12-13,17H,10-11H2,1-2H3,(H,22,26)(H,24,27)/t17-/m1/s1. The first-order valence-corrected chi connectivity index (χ1v) is 9.05. The van der Waals surface area contributed by atoms with Crippen LogP contribution >= 0.6 is 0 Å². The molecule has 2 aromatic heterocycles. The second-order valence-electron chi connectivity index (χ2n) is 7.81. The highest BCUT2D eigenvalue weighted by Crippen LogP contribution is 2.41. The first kappa shape index (κ1) is 17.3. The first-order chi connectivity index (χ1) is 12.9. The number of H-pyrrole nitrogens is 1. The molecule has 1 amide bonds. The van der Waals surface area contributed by atoms with Crippen LogP contribution in [0.15, 0.2) is 59.7 Å². The fourth-order valence-corrected chi connectivity index (χ4v) is 3.76. The molecule has 0 fully saturated rings. The molecule has 6 nitrogen and oxygen atoms in total. The van der Waals surface area contributed by atoms with E-state index >= 15 is 0 Å². The molecule has 0 radical (unpaired) electrons. The molecule has 27 heavy (non-hydrogen) atoms. The molecule has 1 atom stereocenters. The van der Waals surface area contributed by atoms with E-state index in [0.29, 0.717) is 5.56 Å². The highest BCUT2D eigenvalue weighted by Gasteiger charge is 2.36. The van der Waals surface area contributed by atoms with Crippen LogP contribution in [0.4, 0.5) is 0 Å². The van der Waals surface area contributed by atoms with Gasteiger partial charge in [-0.15, -0.1) is 0 Å². The van der Waals surface area contributed by atoms with E-state index in [-0.39, 0.29) is 22.9 Å². The molecule has 2 heterocycles. The second kappa shape index (κ2) is 6.54. The SMILES string of the molecule is CC1(C)Cc2c(cnn2-c2ccccc2)[C@H](NC(=O)c2ccc(=O)[nH]c2)C1. The highest BCUT2D eigenvalue weighted by atomic mass is 16.2. The van der Waals surface area contributed by atoms with Gasteiger partial charge in [0.25, 0.3) is 5.91 Å². The lowest BCUT2D eigenvalue weighted by Crippen LogP contribution is -2.37. The lowest BCUT2D eigenvalue weighted by atomic mass is 9.74. The monoisotopic (exact) mass is 362 g/mol. The zero-order valence-electron chi connectivity index (χ0n) is 15.4. The average molecular weight is 362 g/mol. The number of para-hydroxylation sites is 1. The van der Waals surface area contributed by atoms with Crippen molar-refractivity contribution in [3.8, 4) is 5.69 Å². The molecule has 0 saturated carbocycles. The van der Waals surface area contributed by atoms with Crippen LogP contribution < -0.4 is 10.9 Å². The van der Waals surface area contributed by atoms with Crippen LogP contribution in [-0.4, -0.2) is 20.7 Å². The minimum atomic E-state index is -0.225. The van der Waals surface area contributed by atoms with E-state index in [9.17, 15) is 9.59 Å². The normalized spacial score (nSPS) is 17.9. The molecule has 0 bridgehead atoms. The number of amides is 1. The number of fused-ring (bicyclic) bond motifs is 1. The molecule has 4 rings (SSSR count). The van der Waals surface area contributed by atoms with Crippen molar-refractivity contribution < 1.29 is 4.79 Å². The van der Waals surface area contributed by atoms with Crippen molar-refractivity contribution in [1.29, 1.82) is 0 Å². The first-order valence-electron chi connectivity index (χ1n) is 9.05. The fraction of sp³-hybridized carbons (Fsp3) is 0.286. The van der Waals surface area contributed by atoms with Crippen molar-refractivity contribution >= 4 is 5.91 Å². The smallest absolute Gasteiger partial charge is 0.253 e. The van der Waals surface area contributed by atoms with Crippen molar-refractivity contribution in [3.63, 3.8) is 0 Å². The number of benzene rings is 1. The molecule has 1 aliphatic carbocycles. The van der Waals surface area contributed by atoms with Gasteiger partial charge in [0.15, 0.2) is 0 Å². The van der Waals surface area contributed by atoms with E-state index in [1.807, 2.05) is 41.2 Å². The van der Waals surface area contributed by atoms with Crippen molar-refractivity contribution in [2.75, 3.05) is 0 Å². The molecular weight excluding hydrogens is 340 g/mol. The predicted octanol–water partition coefficient (Wildman–Crippen LogP) is 3.00. The van der Waals surface area contributed by atoms with Gasteiger partial charge in [-0.2, -0.15) is 5.10 Å². The number of hydrogen-bond donors (Lipinski definition) is 2. The maximum absolute atomic E-state index is 12.7. The van der Waals surface area contributed by atoms with Gasteiger partial charge in [0, 0.05) is 17.8 Å². The number of nitrogens with one attached hydrogen (secondary N) is 2. The van der Waals surface area contributed by atoms with Gasteiger partial charge in [-0.05, 0) is 36.5 Å². The summed E-state index contributed by atoms with van der Waals surface area (Å²) in [5.41, 5.74) is 3.44. The van der Waals surface area contributed by atoms with Crippen LogP contribution in [-0.2, 0) is 6.42 Å². The van der Waals surface area contributed by atoms with Crippen LogP contribution in [0.2, 0.25) is 0 Å². The van der Waals surface area contributed by atoms with Gasteiger partial charge < -0.3 is 10.3 Å². The summed E-state index contributed by atoms with van der Waals surface area (Å²) in [7, 11) is 0. The number of hydrogen-bond acceptors (Lipinski definition) is 3. The zero-order valence-corrected chi connectivity index (χ0v) is 15.4. The van der Waals surface area contributed by atoms with Crippen molar-refractivity contribution in [2.24, 2.45) is 5.41 Å². The van der Waals surface area contributed by atoms with E-state index in [1.54, 1.807) is 0 Å². The van der Waals surface area contributed by atoms with E-state index in [1.165, 1.54) is 18.3 Å². The predicted molar refractivity (Wildman–Crippen MR) is 103 cm³/mol. The maximum atomic E-state index is 12.7. The number of aromatic amines is 1. The largest absolute Gasteiger partial charge is 0.345 e. The molecule has 138 valence electrons. The summed E-state index contributed by atoms with van der Waals surface area (Å²) >= 11 is 0. The van der Waals surface area contributed by atoms with Crippen molar-refractivity contribution in [3.05, 3.63) is 82.0 Å². The minimum Gasteiger partial charge on any atom is -0.345 e. The van der Waals surface area contributed by atoms with Crippen LogP contribution in [0, 0.1) is 5.41 Å². The summed E-state index contributed by atoms with van der Waals surface area (Å²) < 4.78 is 1.97. The van der Waals surface area contributed by atoms with E-state index in [4.69, 9.17) is 0 Å². The molecule has 0 spiro atoms. The molecule has 2 N–H and O–H groups in total. The number of rotatable bonds is 3. The highest BCUT2D eigenvalue weighted by molar-refractivity contribution is 5.94. The molecular formula is C21H22N4O2. The Morgan fingerprint density at radius 3 is 2.70 bits per heavy atom. The molecule has 0 saturated heterocycles. The Bertz CT molecular complexity index is 1010. The van der Waals surface area contributed by atoms with Crippen LogP contribution in [0.5, 0.6) is 0 Å². The van der Waals surface area contributed by atoms with Crippen LogP contribution in [0.3, 0.4) is 0 Å². The second-order valence-corrected chi connectivity index (χ2v) is 7.81. The van der Waals surface area contributed by atoms with E-state index in [0.717, 1.165) is 29.8 Å². The molecule has 1 aliphatic rings. The van der Waals surface area contributed by atoms with E-state index in [2.05, 4.69) is 29.2 Å². The number of carbonyl (C=O) groups excluding carboxylic acids is 1. The third kappa shape index (κ3) is 3.43. The summed E-state index contributed by atoms with van der Waals surface area (Å²) in [5.74, 6) is -0.202. The quantitative estimate of drug-likeness (QED) is 0.752. The number of nitrogens with zero attached hydrogens (tertiary/aromatic N) is 2. The molecule has 0 unspecified atom stereocenters. The Kier molecular flexibility index (Phi) is 4.18. The Labute approximate surface area is 157 Å². The topological polar surface area (TPSA) is 79.8 Å². The Hall–Kier alpha value is -3.15. The molecule has 0 aliphatic heterocycles. The van der Waals surface area contributed by atoms with Gasteiger partial charge in [0.1, 0.15) is 0 Å². The fourth-order valence-electron chi connectivity index (χ4n) is 3.76. The Balaban J connectivity index is 1.67. The third-order valence-electron chi connectivity index (χ3n) is 5.03. The summed E-state index contributed by atoms with van der Waals surface area (Å²) in [6.07, 6.45) is 5.02. The lowest BCUT2D eigenvalue weighted by molar-refractivity contribution is 0.0919. The molecule has 1 aromatic carbocycles. The van der Waals surface area contributed by atoms with Gasteiger partial charge in [0.2, 0.25) is 5.56 Å². The van der Waals surface area contributed by atoms with Crippen molar-refractivity contribution in [2.45, 2.75) is 32.7 Å². The maximum Gasteiger partial charge on any atom is 0.253 e. The Morgan fingerprint density at radius 2 is 2.00 bits per heavy atom.